The summed E-state index contributed by atoms with van der Waals surface area (Å²) in [5.41, 5.74) is -0.886. The number of alkyl halides is 2. The van der Waals surface area contributed by atoms with Gasteiger partial charge in [0.25, 0.3) is 6.43 Å². The van der Waals surface area contributed by atoms with Crippen LogP contribution in [0.1, 0.15) is 22.5 Å². The van der Waals surface area contributed by atoms with Crippen molar-refractivity contribution < 1.29 is 18.7 Å². The molecule has 76 valence electrons. The van der Waals surface area contributed by atoms with Gasteiger partial charge in [0.2, 0.25) is 0 Å². The summed E-state index contributed by atoms with van der Waals surface area (Å²) in [6, 6.07) is 0.882. The Labute approximate surface area is 90.8 Å². The molecule has 0 aliphatic rings. The number of carboxylic acids is 1. The highest BCUT2D eigenvalue weighted by atomic mass is 79.9. The van der Waals surface area contributed by atoms with E-state index in [0.717, 1.165) is 6.07 Å². The molecule has 0 bridgehead atoms. The average Bonchev–Trinajstić information content (AvgIpc) is 2.07. The van der Waals surface area contributed by atoms with Crippen LogP contribution in [0.2, 0.25) is 5.02 Å². The maximum Gasteiger partial charge on any atom is 0.356 e. The molecule has 0 spiro atoms. The number of halogens is 4. The zero-order valence-electron chi connectivity index (χ0n) is 6.47. The molecule has 3 nitrogen and oxygen atoms in total. The second-order valence-electron chi connectivity index (χ2n) is 2.30. The Kier molecular flexibility index (Phi) is 3.38. The molecule has 14 heavy (non-hydrogen) atoms. The van der Waals surface area contributed by atoms with Crippen LogP contribution in [0, 0.1) is 0 Å². The van der Waals surface area contributed by atoms with E-state index < -0.39 is 23.7 Å². The van der Waals surface area contributed by atoms with Crippen LogP contribution in [0.3, 0.4) is 0 Å². The Bertz CT molecular complexity index is 386. The Balaban J connectivity index is 3.31. The Morgan fingerprint density at radius 3 is 2.64 bits per heavy atom. The third kappa shape index (κ3) is 2.19. The smallest absolute Gasteiger partial charge is 0.356 e. The molecule has 0 saturated heterocycles. The van der Waals surface area contributed by atoms with E-state index in [2.05, 4.69) is 20.9 Å². The number of pyridine rings is 1. The summed E-state index contributed by atoms with van der Waals surface area (Å²) in [5.74, 6) is -1.36. The van der Waals surface area contributed by atoms with Crippen LogP contribution >= 0.6 is 27.5 Å². The lowest BCUT2D eigenvalue weighted by atomic mass is 10.2. The molecule has 1 N–H and O–H groups in total. The van der Waals surface area contributed by atoms with Gasteiger partial charge >= 0.3 is 5.97 Å². The topological polar surface area (TPSA) is 50.2 Å². The highest BCUT2D eigenvalue weighted by molar-refractivity contribution is 9.10. The van der Waals surface area contributed by atoms with Gasteiger partial charge in [-0.3, -0.25) is 0 Å². The van der Waals surface area contributed by atoms with Crippen molar-refractivity contribution in [3.8, 4) is 0 Å². The molecule has 0 unspecified atom stereocenters. The Morgan fingerprint density at radius 1 is 1.64 bits per heavy atom. The zero-order valence-corrected chi connectivity index (χ0v) is 8.81. The minimum Gasteiger partial charge on any atom is -0.476 e. The number of hydrogen-bond acceptors (Lipinski definition) is 2. The van der Waals surface area contributed by atoms with Gasteiger partial charge in [-0.25, -0.2) is 18.6 Å². The van der Waals surface area contributed by atoms with E-state index in [0.29, 0.717) is 0 Å². The largest absolute Gasteiger partial charge is 0.476 e. The fraction of sp³-hybridized carbons (Fsp3) is 0.143. The maximum absolute atomic E-state index is 12.3. The van der Waals surface area contributed by atoms with E-state index in [9.17, 15) is 13.6 Å². The Morgan fingerprint density at radius 2 is 2.21 bits per heavy atom. The molecule has 0 saturated carbocycles. The van der Waals surface area contributed by atoms with Crippen molar-refractivity contribution in [2.45, 2.75) is 6.43 Å². The number of hydrogen-bond donors (Lipinski definition) is 1. The molecular weight excluding hydrogens is 283 g/mol. The first-order chi connectivity index (χ1) is 6.43. The minimum atomic E-state index is -2.75. The first-order valence-corrected chi connectivity index (χ1v) is 4.48. The molecule has 1 aromatic rings. The number of rotatable bonds is 2. The van der Waals surface area contributed by atoms with Crippen molar-refractivity contribution in [2.24, 2.45) is 0 Å². The lowest BCUT2D eigenvalue weighted by Gasteiger charge is -2.05. The summed E-state index contributed by atoms with van der Waals surface area (Å²) in [4.78, 5) is 13.9. The SMILES string of the molecule is O=C(O)c1nc(Br)c(C(F)F)cc1Cl. The van der Waals surface area contributed by atoms with Crippen molar-refractivity contribution in [1.29, 1.82) is 0 Å². The summed E-state index contributed by atoms with van der Waals surface area (Å²) in [6.07, 6.45) is -2.75. The van der Waals surface area contributed by atoms with Crippen molar-refractivity contribution in [3.63, 3.8) is 0 Å². The molecule has 0 aliphatic carbocycles. The molecule has 7 heteroatoms. The van der Waals surface area contributed by atoms with Crippen molar-refractivity contribution in [1.82, 2.24) is 4.98 Å². The Hall–Kier alpha value is -0.750. The predicted octanol–water partition coefficient (Wildman–Crippen LogP) is 3.13. The van der Waals surface area contributed by atoms with Gasteiger partial charge in [-0.15, -0.1) is 0 Å². The maximum atomic E-state index is 12.3. The van der Waals surface area contributed by atoms with E-state index in [1.54, 1.807) is 0 Å². The predicted molar refractivity (Wildman–Crippen MR) is 48.9 cm³/mol. The second kappa shape index (κ2) is 4.18. The van der Waals surface area contributed by atoms with Gasteiger partial charge in [0.15, 0.2) is 5.69 Å². The summed E-state index contributed by atoms with van der Waals surface area (Å²) in [6.45, 7) is 0. The third-order valence-corrected chi connectivity index (χ3v) is 2.32. The van der Waals surface area contributed by atoms with E-state index >= 15 is 0 Å². The van der Waals surface area contributed by atoms with E-state index in [4.69, 9.17) is 16.7 Å². The number of nitrogens with zero attached hydrogens (tertiary/aromatic N) is 1. The molecule has 1 aromatic heterocycles. The summed E-state index contributed by atoms with van der Waals surface area (Å²) in [5, 5.41) is 8.26. The van der Waals surface area contributed by atoms with Crippen molar-refractivity contribution >= 4 is 33.5 Å². The molecular formula is C7H3BrClF2NO2. The van der Waals surface area contributed by atoms with Crippen LogP contribution in [-0.4, -0.2) is 16.1 Å². The van der Waals surface area contributed by atoms with E-state index in [1.807, 2.05) is 0 Å². The number of carbonyl (C=O) groups is 1. The van der Waals surface area contributed by atoms with Crippen LogP contribution in [0.5, 0.6) is 0 Å². The van der Waals surface area contributed by atoms with Gasteiger partial charge in [0, 0.05) is 0 Å². The molecule has 0 radical (unpaired) electrons. The van der Waals surface area contributed by atoms with Gasteiger partial charge in [-0.2, -0.15) is 0 Å². The van der Waals surface area contributed by atoms with Gasteiger partial charge in [0.05, 0.1) is 10.6 Å². The average molecular weight is 286 g/mol. The van der Waals surface area contributed by atoms with Gasteiger partial charge < -0.3 is 5.11 Å². The summed E-state index contributed by atoms with van der Waals surface area (Å²) in [7, 11) is 0. The van der Waals surface area contributed by atoms with Crippen LogP contribution < -0.4 is 0 Å². The molecule has 0 aliphatic heterocycles. The number of carboxylic acid groups (broad SMARTS) is 1. The van der Waals surface area contributed by atoms with Crippen LogP contribution in [0.15, 0.2) is 10.7 Å². The third-order valence-electron chi connectivity index (χ3n) is 1.39. The number of aromatic nitrogens is 1. The first kappa shape index (κ1) is 11.3. The molecule has 0 amide bonds. The summed E-state index contributed by atoms with van der Waals surface area (Å²) >= 11 is 8.18. The lowest BCUT2D eigenvalue weighted by Crippen LogP contribution is -2.03. The highest BCUT2D eigenvalue weighted by Crippen LogP contribution is 2.29. The molecule has 1 rings (SSSR count). The molecule has 0 fully saturated rings. The van der Waals surface area contributed by atoms with Gasteiger partial charge in [-0.05, 0) is 22.0 Å². The summed E-state index contributed by atoms with van der Waals surface area (Å²) < 4.78 is 24.3. The highest BCUT2D eigenvalue weighted by Gasteiger charge is 2.19. The first-order valence-electron chi connectivity index (χ1n) is 3.31. The van der Waals surface area contributed by atoms with E-state index in [-0.39, 0.29) is 9.63 Å². The van der Waals surface area contributed by atoms with Crippen LogP contribution in [-0.2, 0) is 0 Å². The van der Waals surface area contributed by atoms with E-state index in [1.165, 1.54) is 0 Å². The van der Waals surface area contributed by atoms with Gasteiger partial charge in [-0.1, -0.05) is 11.6 Å². The monoisotopic (exact) mass is 285 g/mol. The molecule has 0 atom stereocenters. The zero-order chi connectivity index (χ0) is 10.9. The fourth-order valence-electron chi connectivity index (χ4n) is 0.784. The van der Waals surface area contributed by atoms with Gasteiger partial charge in [0.1, 0.15) is 4.60 Å². The fourth-order valence-corrected chi connectivity index (χ4v) is 1.49. The van der Waals surface area contributed by atoms with Crippen molar-refractivity contribution in [3.05, 3.63) is 26.9 Å². The van der Waals surface area contributed by atoms with Crippen LogP contribution in [0.25, 0.3) is 0 Å². The standard InChI is InChI=1S/C7H3BrClF2NO2/c8-5-2(6(10)11)1-3(9)4(12-5)7(13)14/h1,6H,(H,13,14). The minimum absolute atomic E-state index is 0.214. The van der Waals surface area contributed by atoms with Crippen LogP contribution in [0.4, 0.5) is 8.78 Å². The normalized spacial score (nSPS) is 10.6. The number of aromatic carboxylic acids is 1. The second-order valence-corrected chi connectivity index (χ2v) is 3.46. The van der Waals surface area contributed by atoms with Crippen molar-refractivity contribution in [2.75, 3.05) is 0 Å². The molecule has 1 heterocycles. The lowest BCUT2D eigenvalue weighted by molar-refractivity contribution is 0.0689. The molecule has 0 aromatic carbocycles. The quantitative estimate of drug-likeness (QED) is 0.850.